The lowest BCUT2D eigenvalue weighted by Gasteiger charge is -2.09. The lowest BCUT2D eigenvalue weighted by Crippen LogP contribution is -2.16. The van der Waals surface area contributed by atoms with Gasteiger partial charge in [-0.1, -0.05) is 23.2 Å². The zero-order valence-electron chi connectivity index (χ0n) is 11.5. The summed E-state index contributed by atoms with van der Waals surface area (Å²) in [6, 6.07) is 2.61. The zero-order valence-corrected chi connectivity index (χ0v) is 13.0. The van der Waals surface area contributed by atoms with Crippen LogP contribution in [0.5, 0.6) is 0 Å². The van der Waals surface area contributed by atoms with Gasteiger partial charge in [0, 0.05) is 18.8 Å². The van der Waals surface area contributed by atoms with Crippen LogP contribution in [0.2, 0.25) is 10.0 Å². The van der Waals surface area contributed by atoms with Crippen molar-refractivity contribution in [1.82, 2.24) is 20.1 Å². The molecule has 1 aliphatic carbocycles. The first kappa shape index (κ1) is 13.9. The monoisotopic (exact) mass is 310 g/mol. The second-order valence-electron chi connectivity index (χ2n) is 5.19. The van der Waals surface area contributed by atoms with Gasteiger partial charge in [-0.05, 0) is 38.3 Å². The summed E-state index contributed by atoms with van der Waals surface area (Å²) in [6.45, 7) is 4.57. The van der Waals surface area contributed by atoms with Gasteiger partial charge < -0.3 is 5.32 Å². The maximum Gasteiger partial charge on any atom is 0.154 e. The molecule has 0 atom stereocenters. The van der Waals surface area contributed by atoms with E-state index in [0.29, 0.717) is 16.1 Å². The third kappa shape index (κ3) is 2.68. The Morgan fingerprint density at radius 1 is 1.35 bits per heavy atom. The number of pyridine rings is 1. The number of hydrogen-bond donors (Lipinski definition) is 1. The Hall–Kier alpha value is -1.10. The van der Waals surface area contributed by atoms with E-state index in [1.165, 1.54) is 12.8 Å². The van der Waals surface area contributed by atoms with Gasteiger partial charge in [0.2, 0.25) is 0 Å². The van der Waals surface area contributed by atoms with E-state index in [9.17, 15) is 0 Å². The van der Waals surface area contributed by atoms with E-state index in [1.54, 1.807) is 10.9 Å². The Morgan fingerprint density at radius 2 is 2.10 bits per heavy atom. The molecule has 4 nitrogen and oxygen atoms in total. The van der Waals surface area contributed by atoms with Crippen LogP contribution >= 0.6 is 23.2 Å². The Kier molecular flexibility index (Phi) is 3.71. The molecule has 0 aliphatic heterocycles. The third-order valence-electron chi connectivity index (χ3n) is 3.50. The van der Waals surface area contributed by atoms with Crippen molar-refractivity contribution in [2.45, 2.75) is 39.3 Å². The second kappa shape index (κ2) is 5.35. The molecule has 2 aromatic heterocycles. The normalized spacial score (nSPS) is 14.8. The van der Waals surface area contributed by atoms with Crippen molar-refractivity contribution < 1.29 is 0 Å². The highest BCUT2D eigenvalue weighted by Gasteiger charge is 2.21. The van der Waals surface area contributed by atoms with Crippen LogP contribution in [0.25, 0.3) is 5.82 Å². The van der Waals surface area contributed by atoms with Crippen molar-refractivity contribution in [3.63, 3.8) is 0 Å². The molecule has 106 valence electrons. The van der Waals surface area contributed by atoms with Crippen molar-refractivity contribution in [3.05, 3.63) is 39.3 Å². The van der Waals surface area contributed by atoms with Crippen LogP contribution in [0.15, 0.2) is 12.3 Å². The first-order valence-corrected chi connectivity index (χ1v) is 7.41. The Morgan fingerprint density at radius 3 is 2.70 bits per heavy atom. The van der Waals surface area contributed by atoms with E-state index >= 15 is 0 Å². The lowest BCUT2D eigenvalue weighted by atomic mass is 10.2. The highest BCUT2D eigenvalue weighted by atomic mass is 35.5. The van der Waals surface area contributed by atoms with Crippen LogP contribution in [0.3, 0.4) is 0 Å². The van der Waals surface area contributed by atoms with Crippen molar-refractivity contribution in [3.8, 4) is 5.82 Å². The molecule has 0 aromatic carbocycles. The van der Waals surface area contributed by atoms with Crippen molar-refractivity contribution in [1.29, 1.82) is 0 Å². The molecule has 1 aliphatic rings. The second-order valence-corrected chi connectivity index (χ2v) is 5.97. The van der Waals surface area contributed by atoms with E-state index in [-0.39, 0.29) is 0 Å². The molecule has 6 heteroatoms. The zero-order chi connectivity index (χ0) is 14.3. The first-order chi connectivity index (χ1) is 9.56. The summed E-state index contributed by atoms with van der Waals surface area (Å²) in [7, 11) is 0. The van der Waals surface area contributed by atoms with Crippen LogP contribution in [0.1, 0.15) is 29.8 Å². The Labute approximate surface area is 128 Å². The SMILES string of the molecule is Cc1nn(-c2cc(CNC3CC3)c(Cl)cn2)c(C)c1Cl. The predicted octanol–water partition coefficient (Wildman–Crippen LogP) is 3.44. The molecule has 2 aromatic rings. The quantitative estimate of drug-likeness (QED) is 0.940. The van der Waals surface area contributed by atoms with Crippen molar-refractivity contribution >= 4 is 23.2 Å². The number of halogens is 2. The molecular formula is C14H16Cl2N4. The summed E-state index contributed by atoms with van der Waals surface area (Å²) in [6.07, 6.45) is 4.18. The van der Waals surface area contributed by atoms with Gasteiger partial charge in [-0.25, -0.2) is 9.67 Å². The van der Waals surface area contributed by atoms with Crippen molar-refractivity contribution in [2.75, 3.05) is 0 Å². The molecule has 0 saturated heterocycles. The molecule has 0 radical (unpaired) electrons. The summed E-state index contributed by atoms with van der Waals surface area (Å²) in [5.74, 6) is 0.745. The molecule has 1 N–H and O–H groups in total. The molecule has 2 heterocycles. The van der Waals surface area contributed by atoms with Crippen LogP contribution in [0.4, 0.5) is 0 Å². The van der Waals surface area contributed by atoms with Gasteiger partial charge in [-0.2, -0.15) is 5.10 Å². The lowest BCUT2D eigenvalue weighted by molar-refractivity contribution is 0.685. The average molecular weight is 311 g/mol. The Bertz CT molecular complexity index is 647. The van der Waals surface area contributed by atoms with E-state index in [1.807, 2.05) is 19.9 Å². The van der Waals surface area contributed by atoms with Crippen molar-refractivity contribution in [2.24, 2.45) is 0 Å². The van der Waals surface area contributed by atoms with E-state index in [4.69, 9.17) is 23.2 Å². The fourth-order valence-corrected chi connectivity index (χ4v) is 2.40. The molecule has 0 amide bonds. The molecular weight excluding hydrogens is 295 g/mol. The smallest absolute Gasteiger partial charge is 0.154 e. The number of aromatic nitrogens is 3. The summed E-state index contributed by atoms with van der Waals surface area (Å²) in [5, 5.41) is 9.23. The molecule has 0 unspecified atom stereocenters. The fourth-order valence-electron chi connectivity index (χ4n) is 2.11. The van der Waals surface area contributed by atoms with E-state index in [2.05, 4.69) is 15.4 Å². The molecule has 20 heavy (non-hydrogen) atoms. The van der Waals surface area contributed by atoms with E-state index in [0.717, 1.165) is 29.3 Å². The molecule has 0 spiro atoms. The number of nitrogens with zero attached hydrogens (tertiary/aromatic N) is 3. The van der Waals surface area contributed by atoms with Crippen LogP contribution in [0, 0.1) is 13.8 Å². The third-order valence-corrected chi connectivity index (χ3v) is 4.39. The minimum Gasteiger partial charge on any atom is -0.310 e. The molecule has 1 saturated carbocycles. The molecule has 0 bridgehead atoms. The maximum atomic E-state index is 6.21. The number of rotatable bonds is 4. The number of aryl methyl sites for hydroxylation is 1. The average Bonchev–Trinajstić information content (AvgIpc) is 3.22. The largest absolute Gasteiger partial charge is 0.310 e. The highest BCUT2D eigenvalue weighted by molar-refractivity contribution is 6.32. The maximum absolute atomic E-state index is 6.21. The van der Waals surface area contributed by atoms with Crippen LogP contribution in [-0.4, -0.2) is 20.8 Å². The molecule has 1 fully saturated rings. The standard InChI is InChI=1S/C14H16Cl2N4/c1-8-14(16)9(2)20(19-8)13-5-10(12(15)7-18-13)6-17-11-3-4-11/h5,7,11,17H,3-4,6H2,1-2H3. The van der Waals surface area contributed by atoms with Gasteiger partial charge in [0.15, 0.2) is 5.82 Å². The topological polar surface area (TPSA) is 42.7 Å². The van der Waals surface area contributed by atoms with Gasteiger partial charge in [-0.15, -0.1) is 0 Å². The Balaban J connectivity index is 1.92. The summed E-state index contributed by atoms with van der Waals surface area (Å²) >= 11 is 12.4. The fraction of sp³-hybridized carbons (Fsp3) is 0.429. The van der Waals surface area contributed by atoms with Gasteiger partial charge in [-0.3, -0.25) is 0 Å². The van der Waals surface area contributed by atoms with Crippen LogP contribution in [-0.2, 0) is 6.54 Å². The van der Waals surface area contributed by atoms with Gasteiger partial charge in [0.25, 0.3) is 0 Å². The summed E-state index contributed by atoms with van der Waals surface area (Å²) < 4.78 is 1.76. The number of hydrogen-bond acceptors (Lipinski definition) is 3. The minimum absolute atomic E-state index is 0.644. The van der Waals surface area contributed by atoms with Gasteiger partial charge in [0.1, 0.15) is 0 Å². The molecule has 3 rings (SSSR count). The summed E-state index contributed by atoms with van der Waals surface area (Å²) in [4.78, 5) is 4.35. The number of nitrogens with one attached hydrogen (secondary N) is 1. The highest BCUT2D eigenvalue weighted by Crippen LogP contribution is 2.25. The van der Waals surface area contributed by atoms with E-state index < -0.39 is 0 Å². The predicted molar refractivity (Wildman–Crippen MR) is 80.7 cm³/mol. The summed E-state index contributed by atoms with van der Waals surface area (Å²) in [5.41, 5.74) is 2.73. The van der Waals surface area contributed by atoms with Crippen LogP contribution < -0.4 is 5.32 Å². The minimum atomic E-state index is 0.644. The van der Waals surface area contributed by atoms with Gasteiger partial charge in [0.05, 0.1) is 21.4 Å². The van der Waals surface area contributed by atoms with Gasteiger partial charge >= 0.3 is 0 Å². The first-order valence-electron chi connectivity index (χ1n) is 6.66.